The Morgan fingerprint density at radius 1 is 1.50 bits per heavy atom. The fourth-order valence-corrected chi connectivity index (χ4v) is 2.67. The number of hydrogen-bond donors (Lipinski definition) is 1. The molecule has 1 heterocycles. The van der Waals surface area contributed by atoms with Gasteiger partial charge in [-0.15, -0.1) is 0 Å². The third-order valence-corrected chi connectivity index (χ3v) is 3.76. The SMILES string of the molecule is CC(NCC1CCCC1)c1cccnc1Cl. The number of rotatable bonds is 4. The molecule has 1 atom stereocenters. The van der Waals surface area contributed by atoms with Gasteiger partial charge in [0, 0.05) is 17.8 Å². The predicted octanol–water partition coefficient (Wildman–Crippen LogP) is 3.58. The molecule has 1 N–H and O–H groups in total. The van der Waals surface area contributed by atoms with Gasteiger partial charge in [-0.3, -0.25) is 0 Å². The molecule has 0 bridgehead atoms. The first-order valence-corrected chi connectivity index (χ1v) is 6.49. The maximum atomic E-state index is 6.06. The second kappa shape index (κ2) is 5.65. The molecule has 1 fully saturated rings. The van der Waals surface area contributed by atoms with Crippen LogP contribution in [0.5, 0.6) is 0 Å². The van der Waals surface area contributed by atoms with Gasteiger partial charge < -0.3 is 5.32 Å². The minimum Gasteiger partial charge on any atom is -0.310 e. The Morgan fingerprint density at radius 2 is 2.25 bits per heavy atom. The zero-order valence-corrected chi connectivity index (χ0v) is 10.5. The highest BCUT2D eigenvalue weighted by atomic mass is 35.5. The van der Waals surface area contributed by atoms with Crippen molar-refractivity contribution in [3.05, 3.63) is 29.0 Å². The van der Waals surface area contributed by atoms with E-state index in [1.807, 2.05) is 12.1 Å². The molecule has 0 spiro atoms. The van der Waals surface area contributed by atoms with Gasteiger partial charge in [-0.25, -0.2) is 4.98 Å². The summed E-state index contributed by atoms with van der Waals surface area (Å²) < 4.78 is 0. The van der Waals surface area contributed by atoms with E-state index in [1.165, 1.54) is 25.7 Å². The summed E-state index contributed by atoms with van der Waals surface area (Å²) in [6, 6.07) is 4.28. The average Bonchev–Trinajstić information content (AvgIpc) is 2.79. The summed E-state index contributed by atoms with van der Waals surface area (Å²) in [7, 11) is 0. The van der Waals surface area contributed by atoms with Crippen molar-refractivity contribution in [2.75, 3.05) is 6.54 Å². The monoisotopic (exact) mass is 238 g/mol. The molecule has 1 aliphatic carbocycles. The number of nitrogens with zero attached hydrogens (tertiary/aromatic N) is 1. The summed E-state index contributed by atoms with van der Waals surface area (Å²) in [5, 5.41) is 4.18. The molecule has 0 amide bonds. The third-order valence-electron chi connectivity index (χ3n) is 3.44. The standard InChI is InChI=1S/C13H19ClN2/c1-10(12-7-4-8-15-13(12)14)16-9-11-5-2-3-6-11/h4,7-8,10-11,16H,2-3,5-6,9H2,1H3. The van der Waals surface area contributed by atoms with Crippen molar-refractivity contribution >= 4 is 11.6 Å². The highest BCUT2D eigenvalue weighted by Gasteiger charge is 2.16. The van der Waals surface area contributed by atoms with Crippen molar-refractivity contribution in [3.63, 3.8) is 0 Å². The Labute approximate surface area is 102 Å². The molecule has 0 aliphatic heterocycles. The van der Waals surface area contributed by atoms with Crippen LogP contribution in [0.3, 0.4) is 0 Å². The number of halogens is 1. The second-order valence-corrected chi connectivity index (χ2v) is 5.02. The summed E-state index contributed by atoms with van der Waals surface area (Å²) >= 11 is 6.06. The van der Waals surface area contributed by atoms with Gasteiger partial charge in [0.15, 0.2) is 0 Å². The molecular formula is C13H19ClN2. The number of pyridine rings is 1. The first kappa shape index (κ1) is 11.9. The molecule has 0 aromatic carbocycles. The molecule has 2 nitrogen and oxygen atoms in total. The zero-order valence-electron chi connectivity index (χ0n) is 9.75. The van der Waals surface area contributed by atoms with E-state index < -0.39 is 0 Å². The van der Waals surface area contributed by atoms with E-state index in [4.69, 9.17) is 11.6 Å². The van der Waals surface area contributed by atoms with Gasteiger partial charge in [0.05, 0.1) is 0 Å². The molecule has 1 aromatic rings. The first-order chi connectivity index (χ1) is 7.77. The lowest BCUT2D eigenvalue weighted by Crippen LogP contribution is -2.24. The molecule has 88 valence electrons. The lowest BCUT2D eigenvalue weighted by atomic mass is 10.1. The third kappa shape index (κ3) is 2.96. The van der Waals surface area contributed by atoms with Crippen molar-refractivity contribution in [3.8, 4) is 0 Å². The van der Waals surface area contributed by atoms with E-state index in [1.54, 1.807) is 6.20 Å². The van der Waals surface area contributed by atoms with E-state index in [9.17, 15) is 0 Å². The summed E-state index contributed by atoms with van der Waals surface area (Å²) in [5.41, 5.74) is 1.10. The van der Waals surface area contributed by atoms with Crippen LogP contribution >= 0.6 is 11.6 Å². The Morgan fingerprint density at radius 3 is 2.94 bits per heavy atom. The van der Waals surface area contributed by atoms with Crippen molar-refractivity contribution < 1.29 is 0 Å². The van der Waals surface area contributed by atoms with Crippen LogP contribution in [0.15, 0.2) is 18.3 Å². The van der Waals surface area contributed by atoms with Gasteiger partial charge in [-0.1, -0.05) is 30.5 Å². The molecular weight excluding hydrogens is 220 g/mol. The highest BCUT2D eigenvalue weighted by Crippen LogP contribution is 2.25. The first-order valence-electron chi connectivity index (χ1n) is 6.11. The van der Waals surface area contributed by atoms with Crippen molar-refractivity contribution in [2.45, 2.75) is 38.6 Å². The van der Waals surface area contributed by atoms with Crippen LogP contribution in [0.25, 0.3) is 0 Å². The smallest absolute Gasteiger partial charge is 0.133 e. The fraction of sp³-hybridized carbons (Fsp3) is 0.615. The summed E-state index contributed by atoms with van der Waals surface area (Å²) in [4.78, 5) is 4.11. The fourth-order valence-electron chi connectivity index (χ4n) is 2.39. The Balaban J connectivity index is 1.87. The van der Waals surface area contributed by atoms with E-state index in [-0.39, 0.29) is 0 Å². The van der Waals surface area contributed by atoms with E-state index in [2.05, 4.69) is 17.2 Å². The number of hydrogen-bond acceptors (Lipinski definition) is 2. The topological polar surface area (TPSA) is 24.9 Å². The zero-order chi connectivity index (χ0) is 11.4. The molecule has 2 rings (SSSR count). The summed E-state index contributed by atoms with van der Waals surface area (Å²) in [5.74, 6) is 0.859. The Kier molecular flexibility index (Phi) is 4.19. The van der Waals surface area contributed by atoms with Gasteiger partial charge in [0.1, 0.15) is 5.15 Å². The van der Waals surface area contributed by atoms with Crippen LogP contribution in [0.2, 0.25) is 5.15 Å². The normalized spacial score (nSPS) is 18.9. The van der Waals surface area contributed by atoms with Gasteiger partial charge in [-0.05, 0) is 38.3 Å². The summed E-state index contributed by atoms with van der Waals surface area (Å²) in [6.07, 6.45) is 7.28. The maximum absolute atomic E-state index is 6.06. The van der Waals surface area contributed by atoms with Crippen molar-refractivity contribution in [1.29, 1.82) is 0 Å². The van der Waals surface area contributed by atoms with Gasteiger partial charge in [0.25, 0.3) is 0 Å². The molecule has 16 heavy (non-hydrogen) atoms. The lowest BCUT2D eigenvalue weighted by Gasteiger charge is -2.17. The van der Waals surface area contributed by atoms with Gasteiger partial charge in [0.2, 0.25) is 0 Å². The largest absolute Gasteiger partial charge is 0.310 e. The van der Waals surface area contributed by atoms with Crippen molar-refractivity contribution in [2.24, 2.45) is 5.92 Å². The lowest BCUT2D eigenvalue weighted by molar-refractivity contribution is 0.452. The molecule has 1 aromatic heterocycles. The van der Waals surface area contributed by atoms with Crippen LogP contribution in [-0.2, 0) is 0 Å². The molecule has 1 unspecified atom stereocenters. The maximum Gasteiger partial charge on any atom is 0.133 e. The summed E-state index contributed by atoms with van der Waals surface area (Å²) in [6.45, 7) is 3.25. The number of aromatic nitrogens is 1. The highest BCUT2D eigenvalue weighted by molar-refractivity contribution is 6.30. The second-order valence-electron chi connectivity index (χ2n) is 4.66. The van der Waals surface area contributed by atoms with Gasteiger partial charge >= 0.3 is 0 Å². The molecule has 1 aliphatic rings. The van der Waals surface area contributed by atoms with Crippen molar-refractivity contribution in [1.82, 2.24) is 10.3 Å². The van der Waals surface area contributed by atoms with E-state index >= 15 is 0 Å². The van der Waals surface area contributed by atoms with Crippen LogP contribution in [0.1, 0.15) is 44.2 Å². The van der Waals surface area contributed by atoms with E-state index in [0.29, 0.717) is 11.2 Å². The van der Waals surface area contributed by atoms with Crippen LogP contribution in [0, 0.1) is 5.92 Å². The minimum atomic E-state index is 0.293. The predicted molar refractivity (Wildman–Crippen MR) is 67.6 cm³/mol. The van der Waals surface area contributed by atoms with Crippen LogP contribution < -0.4 is 5.32 Å². The van der Waals surface area contributed by atoms with Gasteiger partial charge in [-0.2, -0.15) is 0 Å². The minimum absolute atomic E-state index is 0.293. The Hall–Kier alpha value is -0.600. The molecule has 0 saturated heterocycles. The number of nitrogens with one attached hydrogen (secondary N) is 1. The molecule has 0 radical (unpaired) electrons. The van der Waals surface area contributed by atoms with Crippen LogP contribution in [0.4, 0.5) is 0 Å². The average molecular weight is 239 g/mol. The quantitative estimate of drug-likeness (QED) is 0.812. The van der Waals surface area contributed by atoms with Crippen LogP contribution in [-0.4, -0.2) is 11.5 Å². The molecule has 1 saturated carbocycles. The Bertz CT molecular complexity index is 334. The van der Waals surface area contributed by atoms with E-state index in [0.717, 1.165) is 18.0 Å². The molecule has 3 heteroatoms.